The van der Waals surface area contributed by atoms with Crippen molar-refractivity contribution in [2.24, 2.45) is 5.73 Å². The van der Waals surface area contributed by atoms with Crippen LogP contribution in [0.5, 0.6) is 17.5 Å². The second-order valence-corrected chi connectivity index (χ2v) is 10.8. The van der Waals surface area contributed by atoms with E-state index < -0.39 is 17.9 Å². The van der Waals surface area contributed by atoms with Crippen LogP contribution in [-0.4, -0.2) is 63.6 Å². The summed E-state index contributed by atoms with van der Waals surface area (Å²) in [6.07, 6.45) is 5.13. The molecular formula is C32H42N8O6. The van der Waals surface area contributed by atoms with Crippen molar-refractivity contribution in [3.05, 3.63) is 53.6 Å². The Morgan fingerprint density at radius 3 is 2.48 bits per heavy atom. The Balaban J connectivity index is 1.56. The molecule has 0 aliphatic carbocycles. The molecule has 5 rings (SSSR count). The van der Waals surface area contributed by atoms with Gasteiger partial charge in [0.05, 0.1) is 31.2 Å². The van der Waals surface area contributed by atoms with Gasteiger partial charge >= 0.3 is 12.0 Å². The molecule has 14 heteroatoms. The lowest BCUT2D eigenvalue weighted by Gasteiger charge is -2.17. The highest BCUT2D eigenvalue weighted by Crippen LogP contribution is 2.27. The van der Waals surface area contributed by atoms with E-state index in [9.17, 15) is 14.7 Å². The Morgan fingerprint density at radius 1 is 1.02 bits per heavy atom. The van der Waals surface area contributed by atoms with Crippen molar-refractivity contribution in [2.45, 2.75) is 70.9 Å². The molecule has 7 N–H and O–H groups in total. The zero-order valence-electron chi connectivity index (χ0n) is 26.0. The number of aliphatic carboxylic acids is 1. The summed E-state index contributed by atoms with van der Waals surface area (Å²) in [6, 6.07) is 11.8. The summed E-state index contributed by atoms with van der Waals surface area (Å²) in [5, 5.41) is 26.0. The largest absolute Gasteiger partial charge is 0.494 e. The number of carbonyl (C=O) groups is 2. The normalized spacial score (nSPS) is 14.2. The fraction of sp³-hybridized carbons (Fsp3) is 0.438. The Morgan fingerprint density at radius 2 is 1.76 bits per heavy atom. The first kappa shape index (κ1) is 33.7. The topological polar surface area (TPSA) is 207 Å². The lowest BCUT2D eigenvalue weighted by Crippen LogP contribution is -2.40. The molecule has 246 valence electrons. The number of rotatable bonds is 10. The van der Waals surface area contributed by atoms with Gasteiger partial charge in [-0.15, -0.1) is 0 Å². The van der Waals surface area contributed by atoms with Crippen molar-refractivity contribution in [3.8, 4) is 17.5 Å². The first-order chi connectivity index (χ1) is 22.3. The Kier molecular flexibility index (Phi) is 12.7. The summed E-state index contributed by atoms with van der Waals surface area (Å²) in [4.78, 5) is 38.5. The van der Waals surface area contributed by atoms with Crippen LogP contribution in [-0.2, 0) is 11.3 Å². The third kappa shape index (κ3) is 10.8. The minimum absolute atomic E-state index is 0.0441. The first-order valence-corrected chi connectivity index (χ1v) is 15.6. The lowest BCUT2D eigenvalue weighted by molar-refractivity contribution is -0.139. The van der Waals surface area contributed by atoms with Crippen LogP contribution >= 0.6 is 0 Å². The highest BCUT2D eigenvalue weighted by atomic mass is 16.5. The number of aromatic nitrogens is 3. The monoisotopic (exact) mass is 634 g/mol. The van der Waals surface area contributed by atoms with Gasteiger partial charge in [-0.2, -0.15) is 15.0 Å². The maximum atomic E-state index is 13.3. The van der Waals surface area contributed by atoms with Crippen LogP contribution < -0.4 is 35.9 Å². The number of hydrogen-bond donors (Lipinski definition) is 6. The molecule has 1 amide bonds. The number of hydrogen-bond acceptors (Lipinski definition) is 11. The van der Waals surface area contributed by atoms with Crippen molar-refractivity contribution >= 4 is 35.3 Å². The fourth-order valence-electron chi connectivity index (χ4n) is 4.69. The number of carboxylic acids is 1. The Hall–Kier alpha value is -5.14. The van der Waals surface area contributed by atoms with Crippen molar-refractivity contribution < 1.29 is 28.9 Å². The van der Waals surface area contributed by atoms with Gasteiger partial charge in [0, 0.05) is 24.7 Å². The van der Waals surface area contributed by atoms with Crippen LogP contribution in [0, 0.1) is 5.41 Å². The van der Waals surface area contributed by atoms with Gasteiger partial charge in [0.15, 0.2) is 0 Å². The number of nitrogens with zero attached hydrogens (tertiary/aromatic N) is 3. The molecule has 6 bridgehead atoms. The van der Waals surface area contributed by atoms with E-state index in [4.69, 9.17) is 25.4 Å². The van der Waals surface area contributed by atoms with Gasteiger partial charge < -0.3 is 41.0 Å². The van der Waals surface area contributed by atoms with Crippen LogP contribution in [0.15, 0.2) is 42.5 Å². The molecule has 1 aromatic heterocycles. The fourth-order valence-corrected chi connectivity index (χ4v) is 4.69. The Bertz CT molecular complexity index is 1470. The highest BCUT2D eigenvalue weighted by Gasteiger charge is 2.23. The van der Waals surface area contributed by atoms with Crippen LogP contribution in [0.2, 0.25) is 0 Å². The predicted octanol–water partition coefficient (Wildman–Crippen LogP) is 4.64. The van der Waals surface area contributed by atoms with Crippen molar-refractivity contribution in [2.75, 3.05) is 30.5 Å². The standard InChI is InChI=1S/C32H42N8O6/c1-2-44-32-39-30-35-20-21-11-14-23(15-12-21)45-17-7-3-4-8-18-46-26-19-22(36-31(38-30)40-32)13-16-24(26)28(41)37-25(29(42)43)9-5-6-10-27(33)34/h11-16,19,25H,2-10,17-18,20H2,1H3,(H3,33,34)(H,37,41)(H,42,43)(H2,35,36,38,39,40)/t25-/m0/s1. The molecule has 0 unspecified atom stereocenters. The number of amidine groups is 1. The van der Waals surface area contributed by atoms with E-state index in [-0.39, 0.29) is 35.5 Å². The second-order valence-electron chi connectivity index (χ2n) is 10.8. The summed E-state index contributed by atoms with van der Waals surface area (Å²) in [5.41, 5.74) is 7.16. The smallest absolute Gasteiger partial charge is 0.326 e. The summed E-state index contributed by atoms with van der Waals surface area (Å²) in [6.45, 7) is 3.61. The van der Waals surface area contributed by atoms with Crippen molar-refractivity contribution in [1.29, 1.82) is 5.41 Å². The van der Waals surface area contributed by atoms with Crippen molar-refractivity contribution in [1.82, 2.24) is 20.3 Å². The van der Waals surface area contributed by atoms with E-state index in [0.717, 1.165) is 37.0 Å². The molecule has 0 saturated heterocycles. The summed E-state index contributed by atoms with van der Waals surface area (Å²) >= 11 is 0. The van der Waals surface area contributed by atoms with E-state index in [0.29, 0.717) is 57.3 Å². The molecule has 3 aromatic rings. The molecule has 0 spiro atoms. The summed E-state index contributed by atoms with van der Waals surface area (Å²) in [7, 11) is 0. The maximum Gasteiger partial charge on any atom is 0.326 e. The van der Waals surface area contributed by atoms with E-state index in [1.54, 1.807) is 18.2 Å². The van der Waals surface area contributed by atoms with Gasteiger partial charge in [-0.3, -0.25) is 10.2 Å². The van der Waals surface area contributed by atoms with E-state index in [1.807, 2.05) is 31.2 Å². The second kappa shape index (κ2) is 17.4. The third-order valence-corrected chi connectivity index (χ3v) is 7.10. The first-order valence-electron chi connectivity index (χ1n) is 15.6. The number of anilines is 3. The minimum Gasteiger partial charge on any atom is -0.494 e. The van der Waals surface area contributed by atoms with Gasteiger partial charge in [-0.05, 0) is 75.3 Å². The maximum absolute atomic E-state index is 13.3. The Labute approximate surface area is 268 Å². The average Bonchev–Trinajstić information content (AvgIpc) is 3.03. The van der Waals surface area contributed by atoms with Gasteiger partial charge in [-0.25, -0.2) is 4.79 Å². The number of benzene rings is 2. The number of unbranched alkanes of at least 4 members (excludes halogenated alkanes) is 1. The number of amides is 1. The van der Waals surface area contributed by atoms with Gasteiger partial charge in [-0.1, -0.05) is 18.6 Å². The zero-order valence-corrected chi connectivity index (χ0v) is 26.0. The predicted molar refractivity (Wildman–Crippen MR) is 173 cm³/mol. The number of ether oxygens (including phenoxy) is 3. The van der Waals surface area contributed by atoms with Gasteiger partial charge in [0.1, 0.15) is 17.5 Å². The van der Waals surface area contributed by atoms with Crippen LogP contribution in [0.3, 0.4) is 0 Å². The SMILES string of the molecule is CCOc1nc2nc(n1)Nc1ccc(C(=O)N[C@@H](CCCCC(=N)N)C(=O)O)c(c1)OCCCCCCOc1ccc(cc1)CN2. The summed E-state index contributed by atoms with van der Waals surface area (Å²) < 4.78 is 17.5. The third-order valence-electron chi connectivity index (χ3n) is 7.10. The zero-order chi connectivity index (χ0) is 32.7. The van der Waals surface area contributed by atoms with Crippen molar-refractivity contribution in [3.63, 3.8) is 0 Å². The number of carbonyl (C=O) groups excluding carboxylic acids is 1. The molecule has 0 radical (unpaired) electrons. The van der Waals surface area contributed by atoms with Gasteiger partial charge in [0.2, 0.25) is 11.9 Å². The summed E-state index contributed by atoms with van der Waals surface area (Å²) in [5.74, 6) is -0.0521. The van der Waals surface area contributed by atoms with Gasteiger partial charge in [0.25, 0.3) is 5.91 Å². The molecule has 1 atom stereocenters. The quantitative estimate of drug-likeness (QED) is 0.102. The molecule has 14 nitrogen and oxygen atoms in total. The number of nitrogens with two attached hydrogens (primary N) is 1. The number of fused-ring (bicyclic) bond motifs is 10. The highest BCUT2D eigenvalue weighted by molar-refractivity contribution is 5.99. The lowest BCUT2D eigenvalue weighted by atomic mass is 10.1. The van der Waals surface area contributed by atoms with Crippen LogP contribution in [0.1, 0.15) is 74.2 Å². The molecule has 0 fully saturated rings. The molecule has 2 aliphatic rings. The van der Waals surface area contributed by atoms with Crippen LogP contribution in [0.4, 0.5) is 17.6 Å². The average molecular weight is 635 g/mol. The molecule has 2 aliphatic heterocycles. The van der Waals surface area contributed by atoms with E-state index in [1.165, 1.54) is 0 Å². The molecule has 0 saturated carbocycles. The van der Waals surface area contributed by atoms with E-state index in [2.05, 4.69) is 30.9 Å². The molecular weight excluding hydrogens is 592 g/mol. The van der Waals surface area contributed by atoms with E-state index >= 15 is 0 Å². The molecule has 46 heavy (non-hydrogen) atoms. The molecule has 2 aromatic carbocycles. The number of carboxylic acid groups (broad SMARTS) is 1. The van der Waals surface area contributed by atoms with Crippen LogP contribution in [0.25, 0.3) is 0 Å². The molecule has 3 heterocycles. The number of nitrogens with one attached hydrogen (secondary N) is 4. The minimum atomic E-state index is -1.14.